The highest BCUT2D eigenvalue weighted by molar-refractivity contribution is 6.17. The molecule has 1 atom stereocenters. The van der Waals surface area contributed by atoms with E-state index in [9.17, 15) is 26.7 Å². The van der Waals surface area contributed by atoms with Crippen LogP contribution in [0.4, 0.5) is 22.0 Å². The van der Waals surface area contributed by atoms with Gasteiger partial charge in [-0.3, -0.25) is 14.8 Å². The van der Waals surface area contributed by atoms with Crippen molar-refractivity contribution in [2.24, 2.45) is 4.99 Å². The van der Waals surface area contributed by atoms with Gasteiger partial charge in [-0.25, -0.2) is 0 Å². The minimum atomic E-state index is -5.75. The molecular formula is C19H14F5N3O. The number of hydrogen-bond donors (Lipinski definition) is 1. The number of fused-ring (bicyclic) bond motifs is 4. The van der Waals surface area contributed by atoms with E-state index in [1.807, 2.05) is 0 Å². The lowest BCUT2D eigenvalue weighted by molar-refractivity contribution is -0.289. The fourth-order valence-electron chi connectivity index (χ4n) is 4.03. The van der Waals surface area contributed by atoms with Crippen LogP contribution in [0.5, 0.6) is 0 Å². The number of hydrogen-bond acceptors (Lipinski definition) is 3. The maximum absolute atomic E-state index is 14.0. The SMILES string of the molecule is CN=C1NC(=O)[C@@]2(CCc3ncccc32)c2cc(C(F)(F)C(F)(F)F)ccc21. The van der Waals surface area contributed by atoms with E-state index in [0.29, 0.717) is 23.2 Å². The summed E-state index contributed by atoms with van der Waals surface area (Å²) in [6.07, 6.45) is -3.58. The molecule has 28 heavy (non-hydrogen) atoms. The molecule has 1 amide bonds. The van der Waals surface area contributed by atoms with Gasteiger partial charge in [0.05, 0.1) is 0 Å². The second-order valence-electron chi connectivity index (χ2n) is 6.76. The fraction of sp³-hybridized carbons (Fsp3) is 0.316. The molecule has 9 heteroatoms. The van der Waals surface area contributed by atoms with E-state index >= 15 is 0 Å². The molecule has 0 radical (unpaired) electrons. The third-order valence-corrected chi connectivity index (χ3v) is 5.38. The number of benzene rings is 1. The molecule has 1 aromatic heterocycles. The second kappa shape index (κ2) is 5.83. The summed E-state index contributed by atoms with van der Waals surface area (Å²) < 4.78 is 66.8. The fourth-order valence-corrected chi connectivity index (χ4v) is 4.03. The summed E-state index contributed by atoms with van der Waals surface area (Å²) >= 11 is 0. The molecule has 1 aliphatic heterocycles. The first-order valence-electron chi connectivity index (χ1n) is 8.45. The maximum atomic E-state index is 14.0. The Bertz CT molecular complexity index is 1010. The van der Waals surface area contributed by atoms with Gasteiger partial charge in [-0.1, -0.05) is 18.2 Å². The first-order chi connectivity index (χ1) is 13.1. The summed E-state index contributed by atoms with van der Waals surface area (Å²) in [5.41, 5.74) is -1.05. The van der Waals surface area contributed by atoms with Crippen LogP contribution in [0.1, 0.15) is 34.4 Å². The zero-order chi connectivity index (χ0) is 20.3. The topological polar surface area (TPSA) is 54.4 Å². The van der Waals surface area contributed by atoms with Gasteiger partial charge >= 0.3 is 12.1 Å². The summed E-state index contributed by atoms with van der Waals surface area (Å²) in [7, 11) is 1.40. The number of pyridine rings is 1. The van der Waals surface area contributed by atoms with E-state index in [-0.39, 0.29) is 17.8 Å². The number of rotatable bonds is 1. The zero-order valence-electron chi connectivity index (χ0n) is 14.6. The number of alkyl halides is 5. The monoisotopic (exact) mass is 395 g/mol. The molecule has 4 rings (SSSR count). The maximum Gasteiger partial charge on any atom is 0.458 e. The average Bonchev–Trinajstić information content (AvgIpc) is 3.04. The summed E-state index contributed by atoms with van der Waals surface area (Å²) in [5, 5.41) is 2.66. The molecule has 2 aliphatic rings. The number of nitrogens with zero attached hydrogens (tertiary/aromatic N) is 2. The Kier molecular flexibility index (Phi) is 3.85. The van der Waals surface area contributed by atoms with Crippen LogP contribution < -0.4 is 5.32 Å². The highest BCUT2D eigenvalue weighted by atomic mass is 19.4. The molecule has 1 aromatic carbocycles. The van der Waals surface area contributed by atoms with Crippen LogP contribution in [0, 0.1) is 0 Å². The van der Waals surface area contributed by atoms with Gasteiger partial charge in [0, 0.05) is 30.1 Å². The Morgan fingerprint density at radius 1 is 1.14 bits per heavy atom. The number of aliphatic imine (C=N–C) groups is 1. The minimum absolute atomic E-state index is 0.0880. The molecule has 1 spiro atoms. The Hall–Kier alpha value is -2.84. The van der Waals surface area contributed by atoms with Crippen molar-refractivity contribution < 1.29 is 26.7 Å². The van der Waals surface area contributed by atoms with Crippen LogP contribution in [0.3, 0.4) is 0 Å². The van der Waals surface area contributed by atoms with Crippen molar-refractivity contribution in [2.45, 2.75) is 30.4 Å². The number of carbonyl (C=O) groups excluding carboxylic acids is 1. The van der Waals surface area contributed by atoms with E-state index in [1.165, 1.54) is 7.05 Å². The largest absolute Gasteiger partial charge is 0.458 e. The van der Waals surface area contributed by atoms with Crippen LogP contribution in [-0.2, 0) is 22.6 Å². The van der Waals surface area contributed by atoms with Gasteiger partial charge in [-0.15, -0.1) is 0 Å². The van der Waals surface area contributed by atoms with Gasteiger partial charge in [0.1, 0.15) is 11.3 Å². The molecule has 0 fully saturated rings. The lowest BCUT2D eigenvalue weighted by Crippen LogP contribution is -2.52. The van der Waals surface area contributed by atoms with Gasteiger partial charge in [0.15, 0.2) is 0 Å². The predicted octanol–water partition coefficient (Wildman–Crippen LogP) is 3.47. The van der Waals surface area contributed by atoms with E-state index < -0.39 is 29.0 Å². The third kappa shape index (κ3) is 2.31. The molecule has 0 unspecified atom stereocenters. The Labute approximate surface area is 156 Å². The van der Waals surface area contributed by atoms with Crippen molar-refractivity contribution in [1.82, 2.24) is 10.3 Å². The van der Waals surface area contributed by atoms with E-state index in [1.54, 1.807) is 18.3 Å². The zero-order valence-corrected chi connectivity index (χ0v) is 14.6. The van der Waals surface area contributed by atoms with Crippen molar-refractivity contribution >= 4 is 11.7 Å². The van der Waals surface area contributed by atoms with Crippen molar-refractivity contribution in [3.63, 3.8) is 0 Å². The van der Waals surface area contributed by atoms with Gasteiger partial charge in [0.2, 0.25) is 5.91 Å². The van der Waals surface area contributed by atoms with Crippen LogP contribution in [-0.4, -0.2) is 30.0 Å². The molecule has 2 heterocycles. The quantitative estimate of drug-likeness (QED) is 0.752. The molecule has 0 bridgehead atoms. The molecule has 1 N–H and O–H groups in total. The molecule has 2 aromatic rings. The predicted molar refractivity (Wildman–Crippen MR) is 90.3 cm³/mol. The second-order valence-corrected chi connectivity index (χ2v) is 6.76. The highest BCUT2D eigenvalue weighted by Gasteiger charge is 2.60. The molecule has 0 saturated carbocycles. The summed E-state index contributed by atoms with van der Waals surface area (Å²) in [5.74, 6) is -5.43. The molecule has 0 saturated heterocycles. The standard InChI is InChI=1S/C19H14F5N3O/c1-25-15-11-5-4-10(18(20,21)19(22,23)24)9-13(11)17(16(28)27-15)7-6-14-12(17)3-2-8-26-14/h2-5,8-9H,6-7H2,1H3,(H,25,27,28)/t17-/m1/s1. The summed E-state index contributed by atoms with van der Waals surface area (Å²) in [6.45, 7) is 0. The lowest BCUT2D eigenvalue weighted by atomic mass is 9.70. The number of amides is 1. The van der Waals surface area contributed by atoms with Crippen molar-refractivity contribution in [3.05, 3.63) is 64.5 Å². The van der Waals surface area contributed by atoms with Crippen LogP contribution >= 0.6 is 0 Å². The van der Waals surface area contributed by atoms with E-state index in [2.05, 4.69) is 15.3 Å². The van der Waals surface area contributed by atoms with Gasteiger partial charge in [-0.2, -0.15) is 22.0 Å². The lowest BCUT2D eigenvalue weighted by Gasteiger charge is -2.36. The Balaban J connectivity index is 2.02. The minimum Gasteiger partial charge on any atom is -0.309 e. The molecule has 4 nitrogen and oxygen atoms in total. The first kappa shape index (κ1) is 18.5. The third-order valence-electron chi connectivity index (χ3n) is 5.38. The average molecular weight is 395 g/mol. The van der Waals surface area contributed by atoms with Gasteiger partial charge in [0.25, 0.3) is 0 Å². The number of nitrogens with one attached hydrogen (secondary N) is 1. The normalized spacial score (nSPS) is 22.9. The molecular weight excluding hydrogens is 381 g/mol. The number of amidine groups is 1. The van der Waals surface area contributed by atoms with Crippen LogP contribution in [0.15, 0.2) is 41.5 Å². The van der Waals surface area contributed by atoms with E-state index in [0.717, 1.165) is 18.2 Å². The number of carbonyl (C=O) groups is 1. The highest BCUT2D eigenvalue weighted by Crippen LogP contribution is 2.50. The summed E-state index contributed by atoms with van der Waals surface area (Å²) in [6, 6.07) is 5.93. The smallest absolute Gasteiger partial charge is 0.309 e. The number of halogens is 5. The van der Waals surface area contributed by atoms with Crippen molar-refractivity contribution in [3.8, 4) is 0 Å². The first-order valence-corrected chi connectivity index (χ1v) is 8.45. The van der Waals surface area contributed by atoms with Gasteiger partial charge < -0.3 is 5.32 Å². The molecule has 146 valence electrons. The van der Waals surface area contributed by atoms with E-state index in [4.69, 9.17) is 0 Å². The van der Waals surface area contributed by atoms with Crippen LogP contribution in [0.25, 0.3) is 0 Å². The van der Waals surface area contributed by atoms with Crippen molar-refractivity contribution in [1.29, 1.82) is 0 Å². The molecule has 1 aliphatic carbocycles. The summed E-state index contributed by atoms with van der Waals surface area (Å²) in [4.78, 5) is 21.2. The number of aryl methyl sites for hydroxylation is 1. The van der Waals surface area contributed by atoms with Crippen molar-refractivity contribution in [2.75, 3.05) is 7.05 Å². The Morgan fingerprint density at radius 3 is 2.57 bits per heavy atom. The van der Waals surface area contributed by atoms with Gasteiger partial charge in [-0.05, 0) is 36.1 Å². The Morgan fingerprint density at radius 2 is 1.89 bits per heavy atom. The number of aromatic nitrogens is 1. The van der Waals surface area contributed by atoms with Crippen LogP contribution in [0.2, 0.25) is 0 Å².